The van der Waals surface area contributed by atoms with Crippen molar-refractivity contribution in [1.82, 2.24) is 5.32 Å². The number of amides is 1. The summed E-state index contributed by atoms with van der Waals surface area (Å²) in [5, 5.41) is 21.4. The number of phenolic OH excluding ortho intramolecular Hbond substituents is 1. The number of aliphatic carboxylic acids is 1. The molecule has 0 aliphatic heterocycles. The van der Waals surface area contributed by atoms with Crippen molar-refractivity contribution in [3.8, 4) is 5.75 Å². The van der Waals surface area contributed by atoms with Gasteiger partial charge in [-0.05, 0) is 30.5 Å². The Bertz CT molecular complexity index is 504. The molecule has 1 aliphatic carbocycles. The third kappa shape index (κ3) is 3.97. The van der Waals surface area contributed by atoms with E-state index >= 15 is 0 Å². The number of carboxylic acids is 1. The maximum atomic E-state index is 12.0. The van der Waals surface area contributed by atoms with Crippen LogP contribution in [-0.4, -0.2) is 22.1 Å². The van der Waals surface area contributed by atoms with Crippen LogP contribution in [0.5, 0.6) is 5.75 Å². The van der Waals surface area contributed by atoms with Crippen LogP contribution in [0.1, 0.15) is 44.1 Å². The molecule has 2 rings (SSSR count). The first-order valence-electron chi connectivity index (χ1n) is 7.30. The first-order valence-corrected chi connectivity index (χ1v) is 7.30. The first kappa shape index (κ1) is 15.4. The second-order valence-corrected chi connectivity index (χ2v) is 5.77. The maximum Gasteiger partial charge on any atom is 0.310 e. The van der Waals surface area contributed by atoms with Crippen LogP contribution in [0.15, 0.2) is 24.3 Å². The first-order chi connectivity index (χ1) is 10.0. The Balaban J connectivity index is 1.90. The Morgan fingerprint density at radius 1 is 1.10 bits per heavy atom. The molecule has 0 atom stereocenters. The lowest BCUT2D eigenvalue weighted by atomic mass is 9.71. The van der Waals surface area contributed by atoms with Crippen molar-refractivity contribution < 1.29 is 19.8 Å². The lowest BCUT2D eigenvalue weighted by Gasteiger charge is -2.32. The maximum absolute atomic E-state index is 12.0. The molecule has 5 nitrogen and oxygen atoms in total. The van der Waals surface area contributed by atoms with E-state index in [-0.39, 0.29) is 18.1 Å². The second-order valence-electron chi connectivity index (χ2n) is 5.77. The number of aromatic hydroxyl groups is 1. The molecular weight excluding hydrogens is 270 g/mol. The van der Waals surface area contributed by atoms with E-state index < -0.39 is 11.4 Å². The van der Waals surface area contributed by atoms with E-state index in [9.17, 15) is 19.8 Å². The summed E-state index contributed by atoms with van der Waals surface area (Å²) in [4.78, 5) is 23.6. The SMILES string of the molecule is O=C(CC1(C(=O)O)CCCCC1)NCc1ccc(O)cc1. The summed E-state index contributed by atoms with van der Waals surface area (Å²) in [6, 6.07) is 6.56. The number of phenols is 1. The normalized spacial score (nSPS) is 17.1. The fourth-order valence-electron chi connectivity index (χ4n) is 2.88. The number of rotatable bonds is 5. The molecule has 1 saturated carbocycles. The number of carbonyl (C=O) groups is 2. The highest BCUT2D eigenvalue weighted by molar-refractivity contribution is 5.85. The van der Waals surface area contributed by atoms with Gasteiger partial charge in [-0.1, -0.05) is 31.4 Å². The van der Waals surface area contributed by atoms with Crippen molar-refractivity contribution in [3.05, 3.63) is 29.8 Å². The van der Waals surface area contributed by atoms with Crippen LogP contribution in [0, 0.1) is 5.41 Å². The molecule has 1 aliphatic rings. The fraction of sp³-hybridized carbons (Fsp3) is 0.500. The molecule has 114 valence electrons. The quantitative estimate of drug-likeness (QED) is 0.777. The Morgan fingerprint density at radius 2 is 1.71 bits per heavy atom. The molecule has 0 bridgehead atoms. The third-order valence-electron chi connectivity index (χ3n) is 4.19. The Labute approximate surface area is 124 Å². The lowest BCUT2D eigenvalue weighted by molar-refractivity contribution is -0.154. The van der Waals surface area contributed by atoms with Gasteiger partial charge in [-0.15, -0.1) is 0 Å². The number of hydrogen-bond donors (Lipinski definition) is 3. The topological polar surface area (TPSA) is 86.6 Å². The van der Waals surface area contributed by atoms with Crippen molar-refractivity contribution in [1.29, 1.82) is 0 Å². The second kappa shape index (κ2) is 6.61. The molecule has 1 fully saturated rings. The summed E-state index contributed by atoms with van der Waals surface area (Å²) in [5.41, 5.74) is -0.0220. The van der Waals surface area contributed by atoms with E-state index in [1.807, 2.05) is 0 Å². The van der Waals surface area contributed by atoms with Gasteiger partial charge in [0.2, 0.25) is 5.91 Å². The minimum Gasteiger partial charge on any atom is -0.508 e. The molecule has 0 heterocycles. The summed E-state index contributed by atoms with van der Waals surface area (Å²) < 4.78 is 0. The molecule has 3 N–H and O–H groups in total. The van der Waals surface area contributed by atoms with E-state index in [1.165, 1.54) is 0 Å². The summed E-state index contributed by atoms with van der Waals surface area (Å²) in [6.07, 6.45) is 3.99. The highest BCUT2D eigenvalue weighted by atomic mass is 16.4. The van der Waals surface area contributed by atoms with Gasteiger partial charge in [-0.3, -0.25) is 9.59 Å². The molecule has 0 radical (unpaired) electrons. The van der Waals surface area contributed by atoms with Gasteiger partial charge in [-0.25, -0.2) is 0 Å². The monoisotopic (exact) mass is 291 g/mol. The van der Waals surface area contributed by atoms with Crippen molar-refractivity contribution in [3.63, 3.8) is 0 Å². The van der Waals surface area contributed by atoms with Crippen molar-refractivity contribution >= 4 is 11.9 Å². The Hall–Kier alpha value is -2.04. The average Bonchev–Trinajstić information content (AvgIpc) is 2.47. The van der Waals surface area contributed by atoms with Gasteiger partial charge in [-0.2, -0.15) is 0 Å². The molecule has 5 heteroatoms. The van der Waals surface area contributed by atoms with Gasteiger partial charge in [0.05, 0.1) is 5.41 Å². The Morgan fingerprint density at radius 3 is 2.29 bits per heavy atom. The largest absolute Gasteiger partial charge is 0.508 e. The predicted octanol–water partition coefficient (Wildman–Crippen LogP) is 2.43. The molecule has 0 unspecified atom stereocenters. The van der Waals surface area contributed by atoms with Gasteiger partial charge in [0, 0.05) is 13.0 Å². The number of carboxylic acid groups (broad SMARTS) is 1. The number of nitrogens with one attached hydrogen (secondary N) is 1. The summed E-state index contributed by atoms with van der Waals surface area (Å²) in [6.45, 7) is 0.342. The smallest absolute Gasteiger partial charge is 0.310 e. The average molecular weight is 291 g/mol. The number of benzene rings is 1. The third-order valence-corrected chi connectivity index (χ3v) is 4.19. The predicted molar refractivity (Wildman–Crippen MR) is 77.7 cm³/mol. The van der Waals surface area contributed by atoms with Gasteiger partial charge < -0.3 is 15.5 Å². The zero-order chi connectivity index (χ0) is 15.3. The molecular formula is C16H21NO4. The van der Waals surface area contributed by atoms with Crippen LogP contribution in [0.2, 0.25) is 0 Å². The molecule has 0 aromatic heterocycles. The zero-order valence-electron chi connectivity index (χ0n) is 12.0. The van der Waals surface area contributed by atoms with Crippen LogP contribution in [0.3, 0.4) is 0 Å². The summed E-state index contributed by atoms with van der Waals surface area (Å²) in [5.74, 6) is -0.911. The number of carbonyl (C=O) groups excluding carboxylic acids is 1. The molecule has 1 amide bonds. The zero-order valence-corrected chi connectivity index (χ0v) is 12.0. The molecule has 0 spiro atoms. The van der Waals surface area contributed by atoms with Gasteiger partial charge in [0.1, 0.15) is 5.75 Å². The van der Waals surface area contributed by atoms with E-state index in [2.05, 4.69) is 5.32 Å². The summed E-state index contributed by atoms with van der Waals surface area (Å²) in [7, 11) is 0. The fourth-order valence-corrected chi connectivity index (χ4v) is 2.88. The van der Waals surface area contributed by atoms with Gasteiger partial charge >= 0.3 is 5.97 Å². The minimum absolute atomic E-state index is 0.0421. The van der Waals surface area contributed by atoms with E-state index in [0.29, 0.717) is 19.4 Å². The van der Waals surface area contributed by atoms with Crippen molar-refractivity contribution in [2.45, 2.75) is 45.1 Å². The van der Waals surface area contributed by atoms with Crippen LogP contribution in [-0.2, 0) is 16.1 Å². The molecule has 1 aromatic carbocycles. The van der Waals surface area contributed by atoms with Gasteiger partial charge in [0.15, 0.2) is 0 Å². The highest BCUT2D eigenvalue weighted by Crippen LogP contribution is 2.39. The van der Waals surface area contributed by atoms with E-state index in [0.717, 1.165) is 24.8 Å². The molecule has 1 aromatic rings. The van der Waals surface area contributed by atoms with Crippen LogP contribution < -0.4 is 5.32 Å². The minimum atomic E-state index is -0.892. The highest BCUT2D eigenvalue weighted by Gasteiger charge is 2.41. The van der Waals surface area contributed by atoms with Crippen LogP contribution in [0.4, 0.5) is 0 Å². The van der Waals surface area contributed by atoms with Crippen molar-refractivity contribution in [2.24, 2.45) is 5.41 Å². The van der Waals surface area contributed by atoms with Crippen molar-refractivity contribution in [2.75, 3.05) is 0 Å². The summed E-state index contributed by atoms with van der Waals surface area (Å²) >= 11 is 0. The standard InChI is InChI=1S/C16H21NO4/c18-13-6-4-12(5-7-13)11-17-14(19)10-16(15(20)21)8-2-1-3-9-16/h4-7,18H,1-3,8-11H2,(H,17,19)(H,20,21). The van der Waals surface area contributed by atoms with Gasteiger partial charge in [0.25, 0.3) is 0 Å². The van der Waals surface area contributed by atoms with E-state index in [4.69, 9.17) is 0 Å². The molecule has 0 saturated heterocycles. The number of hydrogen-bond acceptors (Lipinski definition) is 3. The van der Waals surface area contributed by atoms with Crippen LogP contribution in [0.25, 0.3) is 0 Å². The molecule has 21 heavy (non-hydrogen) atoms. The Kier molecular flexibility index (Phi) is 4.83. The lowest BCUT2D eigenvalue weighted by Crippen LogP contribution is -2.39. The van der Waals surface area contributed by atoms with E-state index in [1.54, 1.807) is 24.3 Å². The van der Waals surface area contributed by atoms with Crippen LogP contribution >= 0.6 is 0 Å².